The maximum atomic E-state index is 12.3. The highest BCUT2D eigenvalue weighted by molar-refractivity contribution is 5.78. The molecule has 0 aromatic rings. The number of nitrogens with one attached hydrogen (secondary N) is 1. The van der Waals surface area contributed by atoms with Crippen molar-refractivity contribution in [2.24, 2.45) is 5.92 Å². The lowest BCUT2D eigenvalue weighted by Gasteiger charge is -2.54. The van der Waals surface area contributed by atoms with E-state index in [4.69, 9.17) is 4.84 Å². The minimum absolute atomic E-state index is 0.0856. The van der Waals surface area contributed by atoms with Gasteiger partial charge in [0.25, 0.3) is 0 Å². The van der Waals surface area contributed by atoms with Crippen molar-refractivity contribution in [3.8, 4) is 0 Å². The Morgan fingerprint density at radius 2 is 1.46 bits per heavy atom. The SMILES string of the molecule is CCCCCCCCCCON1C(C)(C)CC(NC(=O)C(C)CC)CC1(C)C. The number of rotatable bonds is 13. The Balaban J connectivity index is 2.41. The van der Waals surface area contributed by atoms with E-state index >= 15 is 0 Å². The molecule has 1 rings (SSSR count). The fourth-order valence-corrected chi connectivity index (χ4v) is 4.64. The zero-order valence-corrected chi connectivity index (χ0v) is 19.9. The van der Waals surface area contributed by atoms with Crippen LogP contribution in [0.3, 0.4) is 0 Å². The lowest BCUT2D eigenvalue weighted by atomic mass is 9.78. The van der Waals surface area contributed by atoms with Gasteiger partial charge in [-0.3, -0.25) is 9.63 Å². The molecule has 1 aliphatic rings. The van der Waals surface area contributed by atoms with Crippen LogP contribution in [0.1, 0.15) is 119 Å². The summed E-state index contributed by atoms with van der Waals surface area (Å²) in [7, 11) is 0. The smallest absolute Gasteiger partial charge is 0.223 e. The molecule has 28 heavy (non-hydrogen) atoms. The molecule has 0 radical (unpaired) electrons. The van der Waals surface area contributed by atoms with Crippen LogP contribution in [0.15, 0.2) is 0 Å². The Hall–Kier alpha value is -0.610. The molecule has 1 saturated heterocycles. The maximum absolute atomic E-state index is 12.3. The van der Waals surface area contributed by atoms with Crippen molar-refractivity contribution in [3.05, 3.63) is 0 Å². The molecule has 0 spiro atoms. The van der Waals surface area contributed by atoms with Gasteiger partial charge in [-0.1, -0.05) is 65.7 Å². The van der Waals surface area contributed by atoms with Crippen LogP contribution in [0.5, 0.6) is 0 Å². The number of carbonyl (C=O) groups excluding carboxylic acids is 1. The first-order chi connectivity index (χ1) is 13.1. The normalized spacial score (nSPS) is 20.8. The first kappa shape index (κ1) is 25.4. The van der Waals surface area contributed by atoms with Gasteiger partial charge in [0.1, 0.15) is 0 Å². The Morgan fingerprint density at radius 1 is 0.964 bits per heavy atom. The molecule has 1 heterocycles. The van der Waals surface area contributed by atoms with Gasteiger partial charge in [-0.25, -0.2) is 0 Å². The molecule has 0 aromatic heterocycles. The van der Waals surface area contributed by atoms with Crippen molar-refractivity contribution >= 4 is 5.91 Å². The molecule has 1 N–H and O–H groups in total. The zero-order valence-electron chi connectivity index (χ0n) is 19.9. The Morgan fingerprint density at radius 3 is 1.96 bits per heavy atom. The van der Waals surface area contributed by atoms with Gasteiger partial charge in [0.2, 0.25) is 5.91 Å². The van der Waals surface area contributed by atoms with Gasteiger partial charge in [-0.05, 0) is 53.4 Å². The number of amides is 1. The first-order valence-corrected chi connectivity index (χ1v) is 11.9. The highest BCUT2D eigenvalue weighted by Crippen LogP contribution is 2.38. The number of hydroxylamine groups is 2. The van der Waals surface area contributed by atoms with Crippen LogP contribution in [0, 0.1) is 5.92 Å². The van der Waals surface area contributed by atoms with Crippen molar-refractivity contribution in [2.75, 3.05) is 6.61 Å². The highest BCUT2D eigenvalue weighted by Gasteiger charge is 2.46. The van der Waals surface area contributed by atoms with Crippen LogP contribution in [-0.4, -0.2) is 34.7 Å². The molecule has 1 fully saturated rings. The summed E-state index contributed by atoms with van der Waals surface area (Å²) < 4.78 is 0. The zero-order chi connectivity index (χ0) is 21.2. The van der Waals surface area contributed by atoms with Crippen molar-refractivity contribution in [1.29, 1.82) is 0 Å². The third-order valence-electron chi connectivity index (χ3n) is 6.22. The van der Waals surface area contributed by atoms with E-state index in [9.17, 15) is 4.79 Å². The Labute approximate surface area is 175 Å². The number of piperidine rings is 1. The van der Waals surface area contributed by atoms with Crippen LogP contribution < -0.4 is 5.32 Å². The van der Waals surface area contributed by atoms with Crippen LogP contribution in [-0.2, 0) is 9.63 Å². The molecule has 1 unspecified atom stereocenters. The standard InChI is InChI=1S/C24H48N2O2/c1-8-10-11-12-13-14-15-16-17-28-26-23(4,5)18-21(19-24(26,6)7)25-22(27)20(3)9-2/h20-21H,8-19H2,1-7H3,(H,25,27). The van der Waals surface area contributed by atoms with Gasteiger partial charge in [0, 0.05) is 23.0 Å². The molecule has 1 aliphatic heterocycles. The summed E-state index contributed by atoms with van der Waals surface area (Å²) in [5.74, 6) is 0.273. The molecule has 0 bridgehead atoms. The molecule has 1 amide bonds. The fourth-order valence-electron chi connectivity index (χ4n) is 4.64. The van der Waals surface area contributed by atoms with Crippen molar-refractivity contribution in [2.45, 2.75) is 136 Å². The minimum Gasteiger partial charge on any atom is -0.353 e. The van der Waals surface area contributed by atoms with Crippen LogP contribution in [0.4, 0.5) is 0 Å². The lowest BCUT2D eigenvalue weighted by Crippen LogP contribution is -2.64. The second-order valence-electron chi connectivity index (χ2n) is 10.2. The first-order valence-electron chi connectivity index (χ1n) is 11.9. The number of nitrogens with zero attached hydrogens (tertiary/aromatic N) is 1. The molecule has 166 valence electrons. The van der Waals surface area contributed by atoms with E-state index in [-0.39, 0.29) is 28.9 Å². The largest absolute Gasteiger partial charge is 0.353 e. The predicted octanol–water partition coefficient (Wildman–Crippen LogP) is 6.24. The fraction of sp³-hybridized carbons (Fsp3) is 0.958. The van der Waals surface area contributed by atoms with Crippen LogP contribution in [0.25, 0.3) is 0 Å². The summed E-state index contributed by atoms with van der Waals surface area (Å²) >= 11 is 0. The lowest BCUT2D eigenvalue weighted by molar-refractivity contribution is -0.284. The Bertz CT molecular complexity index is 430. The van der Waals surface area contributed by atoms with E-state index < -0.39 is 0 Å². The summed E-state index contributed by atoms with van der Waals surface area (Å²) in [5, 5.41) is 5.50. The van der Waals surface area contributed by atoms with Crippen LogP contribution in [0.2, 0.25) is 0 Å². The highest BCUT2D eigenvalue weighted by atomic mass is 16.7. The molecule has 0 aliphatic carbocycles. The van der Waals surface area contributed by atoms with Gasteiger partial charge in [-0.2, -0.15) is 5.06 Å². The van der Waals surface area contributed by atoms with Crippen molar-refractivity contribution < 1.29 is 9.63 Å². The minimum atomic E-state index is -0.0880. The summed E-state index contributed by atoms with van der Waals surface area (Å²) in [6.07, 6.45) is 13.3. The molecule has 0 aromatic carbocycles. The number of unbranched alkanes of at least 4 members (excludes halogenated alkanes) is 7. The summed E-state index contributed by atoms with van der Waals surface area (Å²) in [6, 6.07) is 0.217. The number of hydrogen-bond acceptors (Lipinski definition) is 3. The van der Waals surface area contributed by atoms with E-state index in [2.05, 4.69) is 51.9 Å². The molecule has 1 atom stereocenters. The average Bonchev–Trinajstić information content (AvgIpc) is 2.60. The summed E-state index contributed by atoms with van der Waals surface area (Å²) in [5.41, 5.74) is -0.176. The molecular weight excluding hydrogens is 348 g/mol. The van der Waals surface area contributed by atoms with E-state index in [0.29, 0.717) is 0 Å². The van der Waals surface area contributed by atoms with Crippen LogP contribution >= 0.6 is 0 Å². The van der Waals surface area contributed by atoms with E-state index in [1.54, 1.807) is 0 Å². The number of hydrogen-bond donors (Lipinski definition) is 1. The monoisotopic (exact) mass is 396 g/mol. The van der Waals surface area contributed by atoms with Gasteiger partial charge in [-0.15, -0.1) is 0 Å². The molecular formula is C24H48N2O2. The van der Waals surface area contributed by atoms with E-state index in [0.717, 1.165) is 32.3 Å². The second kappa shape index (κ2) is 12.2. The predicted molar refractivity (Wildman–Crippen MR) is 119 cm³/mol. The van der Waals surface area contributed by atoms with Gasteiger partial charge < -0.3 is 5.32 Å². The molecule has 0 saturated carbocycles. The third-order valence-corrected chi connectivity index (χ3v) is 6.22. The van der Waals surface area contributed by atoms with E-state index in [1.165, 1.54) is 44.9 Å². The number of carbonyl (C=O) groups is 1. The molecule has 4 nitrogen and oxygen atoms in total. The van der Waals surface area contributed by atoms with Crippen molar-refractivity contribution in [1.82, 2.24) is 10.4 Å². The average molecular weight is 397 g/mol. The topological polar surface area (TPSA) is 41.6 Å². The maximum Gasteiger partial charge on any atom is 0.223 e. The quantitative estimate of drug-likeness (QED) is 0.374. The summed E-state index contributed by atoms with van der Waals surface area (Å²) in [6.45, 7) is 16.1. The Kier molecular flexibility index (Phi) is 11.1. The van der Waals surface area contributed by atoms with E-state index in [1.807, 2.05) is 6.92 Å². The third kappa shape index (κ3) is 8.41. The van der Waals surface area contributed by atoms with Gasteiger partial charge >= 0.3 is 0 Å². The van der Waals surface area contributed by atoms with Gasteiger partial charge in [0.15, 0.2) is 0 Å². The molecule has 4 heteroatoms. The van der Waals surface area contributed by atoms with Gasteiger partial charge in [0.05, 0.1) is 6.61 Å². The summed E-state index contributed by atoms with van der Waals surface area (Å²) in [4.78, 5) is 18.6. The second-order valence-corrected chi connectivity index (χ2v) is 10.2. The van der Waals surface area contributed by atoms with Crippen molar-refractivity contribution in [3.63, 3.8) is 0 Å².